The number of anilines is 2. The number of amides is 2. The van der Waals surface area contributed by atoms with Crippen LogP contribution in [0.2, 0.25) is 0 Å². The zero-order valence-corrected chi connectivity index (χ0v) is 12.8. The molecule has 7 heteroatoms. The van der Waals surface area contributed by atoms with Gasteiger partial charge in [-0.1, -0.05) is 12.2 Å². The monoisotopic (exact) mass is 318 g/mol. The second-order valence-corrected chi connectivity index (χ2v) is 5.35. The van der Waals surface area contributed by atoms with Gasteiger partial charge in [0.15, 0.2) is 6.61 Å². The highest BCUT2D eigenvalue weighted by molar-refractivity contribution is 6.00. The first-order valence-corrected chi connectivity index (χ1v) is 7.10. The van der Waals surface area contributed by atoms with E-state index in [0.29, 0.717) is 23.7 Å². The number of benzene rings is 1. The SMILES string of the molecule is C=C(C)CN1C(=O)COc2ccc(NC(=O)CCC(=O)O)cc21. The number of rotatable bonds is 6. The number of nitrogens with zero attached hydrogens (tertiary/aromatic N) is 1. The lowest BCUT2D eigenvalue weighted by Crippen LogP contribution is -2.39. The Kier molecular flexibility index (Phi) is 5.00. The predicted octanol–water partition coefficient (Wildman–Crippen LogP) is 1.79. The number of carbonyl (C=O) groups excluding carboxylic acids is 2. The summed E-state index contributed by atoms with van der Waals surface area (Å²) >= 11 is 0. The Morgan fingerprint density at radius 3 is 2.78 bits per heavy atom. The van der Waals surface area contributed by atoms with E-state index in [2.05, 4.69) is 11.9 Å². The zero-order chi connectivity index (χ0) is 17.0. The lowest BCUT2D eigenvalue weighted by atomic mass is 10.2. The van der Waals surface area contributed by atoms with Crippen LogP contribution < -0.4 is 15.0 Å². The molecule has 2 amide bonds. The third-order valence-corrected chi connectivity index (χ3v) is 3.18. The van der Waals surface area contributed by atoms with Gasteiger partial charge in [0.05, 0.1) is 12.1 Å². The molecule has 0 bridgehead atoms. The van der Waals surface area contributed by atoms with E-state index in [1.807, 2.05) is 6.92 Å². The topological polar surface area (TPSA) is 95.9 Å². The minimum Gasteiger partial charge on any atom is -0.482 e. The van der Waals surface area contributed by atoms with Crippen LogP contribution in [0.25, 0.3) is 0 Å². The lowest BCUT2D eigenvalue weighted by molar-refractivity contribution is -0.138. The van der Waals surface area contributed by atoms with Crippen LogP contribution in [0, 0.1) is 0 Å². The molecule has 0 radical (unpaired) electrons. The van der Waals surface area contributed by atoms with Crippen LogP contribution in [-0.4, -0.2) is 36.0 Å². The molecule has 2 N–H and O–H groups in total. The molecular weight excluding hydrogens is 300 g/mol. The summed E-state index contributed by atoms with van der Waals surface area (Å²) in [6.45, 7) is 5.96. The van der Waals surface area contributed by atoms with Crippen LogP contribution in [-0.2, 0) is 14.4 Å². The van der Waals surface area contributed by atoms with Crippen molar-refractivity contribution in [3.05, 3.63) is 30.4 Å². The molecule has 0 unspecified atom stereocenters. The van der Waals surface area contributed by atoms with Crippen molar-refractivity contribution in [2.24, 2.45) is 0 Å². The maximum absolute atomic E-state index is 12.0. The Labute approximate surface area is 133 Å². The number of ether oxygens (including phenoxy) is 1. The van der Waals surface area contributed by atoms with E-state index in [-0.39, 0.29) is 25.4 Å². The summed E-state index contributed by atoms with van der Waals surface area (Å²) in [5.74, 6) is -1.07. The highest BCUT2D eigenvalue weighted by Gasteiger charge is 2.25. The van der Waals surface area contributed by atoms with Crippen LogP contribution in [0.1, 0.15) is 19.8 Å². The van der Waals surface area contributed by atoms with Crippen molar-refractivity contribution in [1.29, 1.82) is 0 Å². The Balaban J connectivity index is 2.17. The van der Waals surface area contributed by atoms with Crippen molar-refractivity contribution in [3.8, 4) is 5.75 Å². The van der Waals surface area contributed by atoms with Crippen molar-refractivity contribution >= 4 is 29.2 Å². The van der Waals surface area contributed by atoms with Crippen LogP contribution >= 0.6 is 0 Å². The van der Waals surface area contributed by atoms with Crippen molar-refractivity contribution in [3.63, 3.8) is 0 Å². The predicted molar refractivity (Wildman–Crippen MR) is 84.6 cm³/mol. The lowest BCUT2D eigenvalue weighted by Gasteiger charge is -2.30. The molecule has 23 heavy (non-hydrogen) atoms. The number of nitrogens with one attached hydrogen (secondary N) is 1. The van der Waals surface area contributed by atoms with E-state index in [9.17, 15) is 14.4 Å². The van der Waals surface area contributed by atoms with Gasteiger partial charge in [0, 0.05) is 18.7 Å². The van der Waals surface area contributed by atoms with Crippen molar-refractivity contribution in [2.75, 3.05) is 23.4 Å². The summed E-state index contributed by atoms with van der Waals surface area (Å²) in [5.41, 5.74) is 1.85. The first kappa shape index (κ1) is 16.5. The number of hydrogen-bond donors (Lipinski definition) is 2. The van der Waals surface area contributed by atoms with Gasteiger partial charge in [-0.3, -0.25) is 14.4 Å². The molecule has 2 rings (SSSR count). The van der Waals surface area contributed by atoms with Gasteiger partial charge in [-0.15, -0.1) is 0 Å². The smallest absolute Gasteiger partial charge is 0.303 e. The summed E-state index contributed by atoms with van der Waals surface area (Å²) in [6.07, 6.45) is -0.350. The van der Waals surface area contributed by atoms with Gasteiger partial charge in [0.25, 0.3) is 5.91 Å². The number of aliphatic carboxylic acids is 1. The Bertz CT molecular complexity index is 668. The molecule has 0 aromatic heterocycles. The average Bonchev–Trinajstić information content (AvgIpc) is 2.48. The van der Waals surface area contributed by atoms with Gasteiger partial charge in [0.1, 0.15) is 5.75 Å². The Morgan fingerprint density at radius 2 is 2.13 bits per heavy atom. The average molecular weight is 318 g/mol. The van der Waals surface area contributed by atoms with E-state index in [1.165, 1.54) is 0 Å². The summed E-state index contributed by atoms with van der Waals surface area (Å²) < 4.78 is 5.38. The fourth-order valence-corrected chi connectivity index (χ4v) is 2.17. The molecule has 7 nitrogen and oxygen atoms in total. The molecule has 1 aromatic carbocycles. The Hall–Kier alpha value is -2.83. The summed E-state index contributed by atoms with van der Waals surface area (Å²) in [4.78, 5) is 35.7. The highest BCUT2D eigenvalue weighted by Crippen LogP contribution is 2.34. The van der Waals surface area contributed by atoms with Gasteiger partial charge in [0.2, 0.25) is 5.91 Å². The summed E-state index contributed by atoms with van der Waals surface area (Å²) in [5, 5.41) is 11.2. The number of fused-ring (bicyclic) bond motifs is 1. The molecule has 122 valence electrons. The summed E-state index contributed by atoms with van der Waals surface area (Å²) in [7, 11) is 0. The zero-order valence-electron chi connectivity index (χ0n) is 12.8. The largest absolute Gasteiger partial charge is 0.482 e. The van der Waals surface area contributed by atoms with Gasteiger partial charge in [-0.05, 0) is 25.1 Å². The van der Waals surface area contributed by atoms with E-state index in [4.69, 9.17) is 9.84 Å². The molecule has 1 aliphatic rings. The number of hydrogen-bond acceptors (Lipinski definition) is 4. The van der Waals surface area contributed by atoms with Gasteiger partial charge >= 0.3 is 5.97 Å². The van der Waals surface area contributed by atoms with Crippen LogP contribution in [0.3, 0.4) is 0 Å². The first-order chi connectivity index (χ1) is 10.9. The van der Waals surface area contributed by atoms with E-state index < -0.39 is 11.9 Å². The maximum Gasteiger partial charge on any atom is 0.303 e. The molecule has 1 aromatic rings. The van der Waals surface area contributed by atoms with Crippen molar-refractivity contribution in [2.45, 2.75) is 19.8 Å². The molecule has 0 fully saturated rings. The number of carboxylic acids is 1. The summed E-state index contributed by atoms with van der Waals surface area (Å²) in [6, 6.07) is 4.94. The number of carbonyl (C=O) groups is 3. The van der Waals surface area contributed by atoms with Gasteiger partial charge in [-0.2, -0.15) is 0 Å². The molecule has 0 atom stereocenters. The van der Waals surface area contributed by atoms with E-state index in [1.54, 1.807) is 23.1 Å². The van der Waals surface area contributed by atoms with Crippen LogP contribution in [0.5, 0.6) is 5.75 Å². The highest BCUT2D eigenvalue weighted by atomic mass is 16.5. The van der Waals surface area contributed by atoms with Crippen molar-refractivity contribution in [1.82, 2.24) is 0 Å². The first-order valence-electron chi connectivity index (χ1n) is 7.10. The van der Waals surface area contributed by atoms with E-state index >= 15 is 0 Å². The molecule has 0 saturated heterocycles. The van der Waals surface area contributed by atoms with Gasteiger partial charge in [-0.25, -0.2) is 0 Å². The molecule has 1 heterocycles. The fraction of sp³-hybridized carbons (Fsp3) is 0.312. The Morgan fingerprint density at radius 1 is 1.39 bits per heavy atom. The van der Waals surface area contributed by atoms with Crippen LogP contribution in [0.15, 0.2) is 30.4 Å². The minimum absolute atomic E-state index is 0.0371. The molecule has 0 aliphatic carbocycles. The fourth-order valence-electron chi connectivity index (χ4n) is 2.17. The normalized spacial score (nSPS) is 13.1. The molecule has 0 spiro atoms. The van der Waals surface area contributed by atoms with Gasteiger partial charge < -0.3 is 20.1 Å². The molecule has 1 aliphatic heterocycles. The third-order valence-electron chi connectivity index (χ3n) is 3.18. The minimum atomic E-state index is -1.03. The molecular formula is C16H18N2O5. The van der Waals surface area contributed by atoms with Crippen molar-refractivity contribution < 1.29 is 24.2 Å². The standard InChI is InChI=1S/C16H18N2O5/c1-10(2)8-18-12-7-11(17-14(19)5-6-16(21)22)3-4-13(12)23-9-15(18)20/h3-4,7H,1,5-6,8-9H2,2H3,(H,17,19)(H,21,22). The maximum atomic E-state index is 12.0. The molecule has 0 saturated carbocycles. The van der Waals surface area contributed by atoms with Crippen LogP contribution in [0.4, 0.5) is 11.4 Å². The quantitative estimate of drug-likeness (QED) is 0.780. The second kappa shape index (κ2) is 6.95. The second-order valence-electron chi connectivity index (χ2n) is 5.35. The van der Waals surface area contributed by atoms with E-state index in [0.717, 1.165) is 5.57 Å². The third kappa shape index (κ3) is 4.32. The number of carboxylic acid groups (broad SMARTS) is 1.